The van der Waals surface area contributed by atoms with Crippen LogP contribution in [-0.4, -0.2) is 11.7 Å². The highest BCUT2D eigenvalue weighted by Crippen LogP contribution is 2.49. The SMILES string of the molecule is Cc1ccc(CNC2(C(F)(F)F)CC2)c(Cl)c1. The minimum Gasteiger partial charge on any atom is -0.299 e. The van der Waals surface area contributed by atoms with E-state index in [2.05, 4.69) is 5.32 Å². The van der Waals surface area contributed by atoms with E-state index in [0.717, 1.165) is 5.56 Å². The predicted molar refractivity (Wildman–Crippen MR) is 61.0 cm³/mol. The Morgan fingerprint density at radius 3 is 2.47 bits per heavy atom. The van der Waals surface area contributed by atoms with Gasteiger partial charge in [-0.05, 0) is 37.0 Å². The minimum atomic E-state index is -4.18. The van der Waals surface area contributed by atoms with Crippen molar-refractivity contribution in [3.63, 3.8) is 0 Å². The molecule has 1 N–H and O–H groups in total. The van der Waals surface area contributed by atoms with Crippen LogP contribution in [0.2, 0.25) is 5.02 Å². The zero-order valence-electron chi connectivity index (χ0n) is 9.37. The summed E-state index contributed by atoms with van der Waals surface area (Å²) in [4.78, 5) is 0. The molecule has 1 nitrogen and oxygen atoms in total. The van der Waals surface area contributed by atoms with E-state index in [1.165, 1.54) is 0 Å². The molecule has 2 rings (SSSR count). The highest BCUT2D eigenvalue weighted by molar-refractivity contribution is 6.31. The highest BCUT2D eigenvalue weighted by Gasteiger charge is 2.62. The monoisotopic (exact) mass is 263 g/mol. The van der Waals surface area contributed by atoms with Crippen molar-refractivity contribution in [3.05, 3.63) is 34.3 Å². The Hall–Kier alpha value is -0.740. The van der Waals surface area contributed by atoms with Crippen molar-refractivity contribution in [1.29, 1.82) is 0 Å². The van der Waals surface area contributed by atoms with Gasteiger partial charge in [-0.3, -0.25) is 5.32 Å². The first-order chi connectivity index (χ1) is 7.84. The molecule has 0 unspecified atom stereocenters. The first-order valence-electron chi connectivity index (χ1n) is 5.41. The Morgan fingerprint density at radius 1 is 1.35 bits per heavy atom. The smallest absolute Gasteiger partial charge is 0.299 e. The normalized spacial score (nSPS) is 18.2. The third-order valence-corrected chi connectivity index (χ3v) is 3.47. The van der Waals surface area contributed by atoms with Crippen molar-refractivity contribution >= 4 is 11.6 Å². The van der Waals surface area contributed by atoms with Gasteiger partial charge in [-0.1, -0.05) is 23.7 Å². The summed E-state index contributed by atoms with van der Waals surface area (Å²) in [6.45, 7) is 2.04. The molecule has 1 aliphatic rings. The van der Waals surface area contributed by atoms with E-state index in [9.17, 15) is 13.2 Å². The molecule has 0 aromatic heterocycles. The molecule has 1 saturated carbocycles. The van der Waals surface area contributed by atoms with E-state index in [1.54, 1.807) is 12.1 Å². The van der Waals surface area contributed by atoms with Gasteiger partial charge in [0.1, 0.15) is 5.54 Å². The summed E-state index contributed by atoms with van der Waals surface area (Å²) >= 11 is 5.97. The van der Waals surface area contributed by atoms with E-state index in [1.807, 2.05) is 13.0 Å². The largest absolute Gasteiger partial charge is 0.406 e. The number of hydrogen-bond donors (Lipinski definition) is 1. The summed E-state index contributed by atoms with van der Waals surface area (Å²) in [6, 6.07) is 5.36. The van der Waals surface area contributed by atoms with E-state index < -0.39 is 11.7 Å². The predicted octanol–water partition coefficient (Wildman–Crippen LogP) is 3.83. The van der Waals surface area contributed by atoms with Gasteiger partial charge in [0.25, 0.3) is 0 Å². The van der Waals surface area contributed by atoms with Crippen LogP contribution in [0.25, 0.3) is 0 Å². The molecule has 0 radical (unpaired) electrons. The fourth-order valence-electron chi connectivity index (χ4n) is 1.75. The van der Waals surface area contributed by atoms with E-state index >= 15 is 0 Å². The van der Waals surface area contributed by atoms with Gasteiger partial charge in [0.05, 0.1) is 0 Å². The van der Waals surface area contributed by atoms with Crippen LogP contribution >= 0.6 is 11.6 Å². The van der Waals surface area contributed by atoms with Gasteiger partial charge in [-0.25, -0.2) is 0 Å². The maximum Gasteiger partial charge on any atom is 0.406 e. The summed E-state index contributed by atoms with van der Waals surface area (Å²) in [6.07, 6.45) is -3.87. The van der Waals surface area contributed by atoms with E-state index in [-0.39, 0.29) is 19.4 Å². The lowest BCUT2D eigenvalue weighted by Gasteiger charge is -2.21. The van der Waals surface area contributed by atoms with Crippen LogP contribution in [0.1, 0.15) is 24.0 Å². The quantitative estimate of drug-likeness (QED) is 0.874. The fourth-order valence-corrected chi connectivity index (χ4v) is 2.05. The first kappa shape index (κ1) is 12.7. The lowest BCUT2D eigenvalue weighted by atomic mass is 10.1. The zero-order chi connectivity index (χ0) is 12.7. The van der Waals surface area contributed by atoms with Gasteiger partial charge in [0.15, 0.2) is 0 Å². The van der Waals surface area contributed by atoms with Crippen molar-refractivity contribution in [2.75, 3.05) is 0 Å². The molecule has 0 heterocycles. The molecule has 0 spiro atoms. The third kappa shape index (κ3) is 2.58. The van der Waals surface area contributed by atoms with Gasteiger partial charge in [-0.2, -0.15) is 13.2 Å². The molecule has 1 aliphatic carbocycles. The standard InChI is InChI=1S/C12H13ClF3N/c1-8-2-3-9(10(13)6-8)7-17-11(4-5-11)12(14,15)16/h2-3,6,17H,4-5,7H2,1H3. The maximum atomic E-state index is 12.7. The topological polar surface area (TPSA) is 12.0 Å². The average molecular weight is 264 g/mol. The van der Waals surface area contributed by atoms with Gasteiger partial charge >= 0.3 is 6.18 Å². The number of halogens is 4. The molecule has 1 aromatic rings. The lowest BCUT2D eigenvalue weighted by Crippen LogP contribution is -2.44. The van der Waals surface area contributed by atoms with Crippen LogP contribution in [-0.2, 0) is 6.54 Å². The molecule has 1 aromatic carbocycles. The Morgan fingerprint density at radius 2 is 2.00 bits per heavy atom. The number of benzene rings is 1. The molecule has 17 heavy (non-hydrogen) atoms. The van der Waals surface area contributed by atoms with E-state index in [0.29, 0.717) is 10.6 Å². The lowest BCUT2D eigenvalue weighted by molar-refractivity contribution is -0.166. The highest BCUT2D eigenvalue weighted by atomic mass is 35.5. The van der Waals surface area contributed by atoms with Gasteiger partial charge in [-0.15, -0.1) is 0 Å². The second-order valence-corrected chi connectivity index (χ2v) is 4.94. The number of aryl methyl sites for hydroxylation is 1. The van der Waals surface area contributed by atoms with Crippen LogP contribution in [0.4, 0.5) is 13.2 Å². The first-order valence-corrected chi connectivity index (χ1v) is 5.79. The Kier molecular flexibility index (Phi) is 3.12. The van der Waals surface area contributed by atoms with Crippen molar-refractivity contribution in [3.8, 4) is 0 Å². The summed E-state index contributed by atoms with van der Waals surface area (Å²) < 4.78 is 38.0. The number of alkyl halides is 3. The van der Waals surface area contributed by atoms with Crippen molar-refractivity contribution in [2.45, 2.75) is 38.0 Å². The Balaban J connectivity index is 2.04. The van der Waals surface area contributed by atoms with Gasteiger partial charge < -0.3 is 0 Å². The van der Waals surface area contributed by atoms with Crippen molar-refractivity contribution in [2.24, 2.45) is 0 Å². The van der Waals surface area contributed by atoms with Gasteiger partial charge in [0, 0.05) is 11.6 Å². The molecule has 94 valence electrons. The van der Waals surface area contributed by atoms with Gasteiger partial charge in [0.2, 0.25) is 0 Å². The average Bonchev–Trinajstić information content (AvgIpc) is 2.96. The van der Waals surface area contributed by atoms with Crippen LogP contribution in [0.5, 0.6) is 0 Å². The van der Waals surface area contributed by atoms with Crippen molar-refractivity contribution < 1.29 is 13.2 Å². The molecule has 0 amide bonds. The zero-order valence-corrected chi connectivity index (χ0v) is 10.1. The van der Waals surface area contributed by atoms with E-state index in [4.69, 9.17) is 11.6 Å². The van der Waals surface area contributed by atoms with Crippen LogP contribution in [0.15, 0.2) is 18.2 Å². The van der Waals surface area contributed by atoms with Crippen LogP contribution in [0, 0.1) is 6.92 Å². The number of nitrogens with one attached hydrogen (secondary N) is 1. The second-order valence-electron chi connectivity index (χ2n) is 4.53. The molecule has 0 atom stereocenters. The molecule has 0 aliphatic heterocycles. The molecule has 0 bridgehead atoms. The third-order valence-electron chi connectivity index (χ3n) is 3.12. The Labute approximate surface area is 103 Å². The fraction of sp³-hybridized carbons (Fsp3) is 0.500. The van der Waals surface area contributed by atoms with Crippen LogP contribution < -0.4 is 5.32 Å². The molecule has 1 fully saturated rings. The van der Waals surface area contributed by atoms with Crippen LogP contribution in [0.3, 0.4) is 0 Å². The summed E-state index contributed by atoms with van der Waals surface area (Å²) in [5, 5.41) is 3.09. The van der Waals surface area contributed by atoms with Crippen molar-refractivity contribution in [1.82, 2.24) is 5.32 Å². The number of rotatable bonds is 3. The summed E-state index contributed by atoms with van der Waals surface area (Å²) in [5.41, 5.74) is 0.0183. The number of hydrogen-bond acceptors (Lipinski definition) is 1. The summed E-state index contributed by atoms with van der Waals surface area (Å²) in [5.74, 6) is 0. The molecule has 5 heteroatoms. The summed E-state index contributed by atoms with van der Waals surface area (Å²) in [7, 11) is 0. The maximum absolute atomic E-state index is 12.7. The molecule has 0 saturated heterocycles. The molecular weight excluding hydrogens is 251 g/mol. The Bertz CT molecular complexity index is 424. The second kappa shape index (κ2) is 4.18. The minimum absolute atomic E-state index is 0.151. The molecular formula is C12H13ClF3N.